The summed E-state index contributed by atoms with van der Waals surface area (Å²) >= 11 is 0. The second-order valence-corrected chi connectivity index (χ2v) is 10.8. The van der Waals surface area contributed by atoms with Crippen LogP contribution < -0.4 is 20.3 Å². The van der Waals surface area contributed by atoms with Crippen LogP contribution in [0, 0.1) is 11.7 Å². The van der Waals surface area contributed by atoms with Gasteiger partial charge < -0.3 is 14.8 Å². The SMILES string of the molecule is CCOc1cc(CNC(=O)C2C=CC(CN3CCc4c(c(=O)n(-c5ccc(F)c(C(F)(F)F)c5)n4C)C3)=CC2)ccc1OC. The van der Waals surface area contributed by atoms with Gasteiger partial charge in [-0.3, -0.25) is 19.2 Å². The quantitative estimate of drug-likeness (QED) is 0.347. The molecular formula is C32H34F4N4O4. The number of rotatable bonds is 9. The van der Waals surface area contributed by atoms with Gasteiger partial charge in [0.15, 0.2) is 11.5 Å². The number of allylic oxidation sites excluding steroid dienone is 1. The first-order valence-electron chi connectivity index (χ1n) is 14.3. The Morgan fingerprint density at radius 3 is 2.61 bits per heavy atom. The van der Waals surface area contributed by atoms with Crippen LogP contribution in [0.2, 0.25) is 0 Å². The smallest absolute Gasteiger partial charge is 0.419 e. The fourth-order valence-corrected chi connectivity index (χ4v) is 5.68. The second-order valence-electron chi connectivity index (χ2n) is 10.8. The maximum atomic E-state index is 13.9. The minimum absolute atomic E-state index is 0.0452. The van der Waals surface area contributed by atoms with Crippen molar-refractivity contribution < 1.29 is 31.8 Å². The molecule has 2 aromatic carbocycles. The molecule has 2 aliphatic rings. The molecule has 1 atom stereocenters. The number of hydrogen-bond acceptors (Lipinski definition) is 5. The molecule has 1 unspecified atom stereocenters. The van der Waals surface area contributed by atoms with E-state index in [4.69, 9.17) is 9.47 Å². The molecule has 1 amide bonds. The summed E-state index contributed by atoms with van der Waals surface area (Å²) in [6.07, 6.45) is 2.00. The van der Waals surface area contributed by atoms with Crippen molar-refractivity contribution >= 4 is 5.91 Å². The van der Waals surface area contributed by atoms with E-state index in [9.17, 15) is 27.2 Å². The van der Waals surface area contributed by atoms with E-state index in [1.807, 2.05) is 43.4 Å². The van der Waals surface area contributed by atoms with Gasteiger partial charge in [0.25, 0.3) is 5.56 Å². The van der Waals surface area contributed by atoms with Crippen LogP contribution in [0.3, 0.4) is 0 Å². The molecule has 8 nitrogen and oxygen atoms in total. The predicted molar refractivity (Wildman–Crippen MR) is 156 cm³/mol. The number of benzene rings is 2. The van der Waals surface area contributed by atoms with Crippen LogP contribution in [0.25, 0.3) is 5.69 Å². The lowest BCUT2D eigenvalue weighted by Crippen LogP contribution is -2.35. The lowest BCUT2D eigenvalue weighted by Gasteiger charge is -2.28. The number of methoxy groups -OCH3 is 1. The van der Waals surface area contributed by atoms with Crippen molar-refractivity contribution in [2.45, 2.75) is 39.0 Å². The first kappa shape index (κ1) is 31.1. The Morgan fingerprint density at radius 2 is 1.93 bits per heavy atom. The number of amides is 1. The zero-order chi connectivity index (χ0) is 31.6. The van der Waals surface area contributed by atoms with Crippen molar-refractivity contribution in [1.82, 2.24) is 19.6 Å². The maximum Gasteiger partial charge on any atom is 0.419 e. The molecule has 12 heteroatoms. The maximum absolute atomic E-state index is 13.9. The summed E-state index contributed by atoms with van der Waals surface area (Å²) < 4.78 is 67.4. The standard InChI is InChI=1S/C32H34F4N4O4/c1-4-44-29-15-21(7-12-28(29)43-3)17-37-30(41)22-8-5-20(6-9-22)18-39-14-13-27-24(19-39)31(42)40(38(27)2)23-10-11-26(33)25(16-23)32(34,35)36/h5-8,10-12,15-16,22H,4,9,13-14,17-19H2,1-3H3,(H,37,41). The average molecular weight is 615 g/mol. The van der Waals surface area contributed by atoms with Gasteiger partial charge in [-0.1, -0.05) is 24.3 Å². The number of nitrogens with zero attached hydrogens (tertiary/aromatic N) is 3. The highest BCUT2D eigenvalue weighted by molar-refractivity contribution is 5.81. The third-order valence-electron chi connectivity index (χ3n) is 7.95. The number of carbonyl (C=O) groups excluding carboxylic acids is 1. The molecule has 0 radical (unpaired) electrons. The van der Waals surface area contributed by atoms with Crippen LogP contribution in [0.5, 0.6) is 11.5 Å². The Hall–Kier alpha value is -4.32. The Labute approximate surface area is 252 Å². The Morgan fingerprint density at radius 1 is 1.14 bits per heavy atom. The minimum atomic E-state index is -4.88. The Kier molecular flexibility index (Phi) is 9.00. The molecule has 0 spiro atoms. The molecule has 2 heterocycles. The Balaban J connectivity index is 1.20. The van der Waals surface area contributed by atoms with Crippen molar-refractivity contribution in [2.75, 3.05) is 26.8 Å². The highest BCUT2D eigenvalue weighted by atomic mass is 19.4. The molecule has 0 saturated carbocycles. The van der Waals surface area contributed by atoms with Gasteiger partial charge in [-0.15, -0.1) is 0 Å². The molecular weight excluding hydrogens is 580 g/mol. The predicted octanol–water partition coefficient (Wildman–Crippen LogP) is 4.92. The molecule has 234 valence electrons. The fourth-order valence-electron chi connectivity index (χ4n) is 5.68. The molecule has 1 aromatic heterocycles. The van der Waals surface area contributed by atoms with E-state index in [0.29, 0.717) is 68.8 Å². The van der Waals surface area contributed by atoms with Gasteiger partial charge in [-0.2, -0.15) is 13.2 Å². The lowest BCUT2D eigenvalue weighted by molar-refractivity contribution is -0.140. The van der Waals surface area contributed by atoms with E-state index >= 15 is 0 Å². The van der Waals surface area contributed by atoms with Gasteiger partial charge in [0.2, 0.25) is 5.91 Å². The summed E-state index contributed by atoms with van der Waals surface area (Å²) in [5, 5.41) is 2.98. The van der Waals surface area contributed by atoms with Crippen LogP contribution in [-0.4, -0.2) is 47.0 Å². The molecule has 1 aliphatic heterocycles. The summed E-state index contributed by atoms with van der Waals surface area (Å²) in [5.41, 5.74) is 1.25. The van der Waals surface area contributed by atoms with Crippen LogP contribution in [-0.2, 0) is 37.5 Å². The summed E-state index contributed by atoms with van der Waals surface area (Å²) in [6.45, 7) is 4.26. The second kappa shape index (κ2) is 12.7. The van der Waals surface area contributed by atoms with Gasteiger partial charge in [0, 0.05) is 45.3 Å². The fraction of sp³-hybridized carbons (Fsp3) is 0.375. The zero-order valence-electron chi connectivity index (χ0n) is 24.7. The minimum Gasteiger partial charge on any atom is -0.493 e. The van der Waals surface area contributed by atoms with Gasteiger partial charge in [-0.05, 0) is 54.8 Å². The average Bonchev–Trinajstić information content (AvgIpc) is 3.25. The van der Waals surface area contributed by atoms with E-state index in [1.54, 1.807) is 18.8 Å². The Bertz CT molecular complexity index is 1670. The van der Waals surface area contributed by atoms with Crippen molar-refractivity contribution in [3.8, 4) is 17.2 Å². The number of fused-ring (bicyclic) bond motifs is 1. The molecule has 3 aromatic rings. The van der Waals surface area contributed by atoms with E-state index < -0.39 is 23.1 Å². The van der Waals surface area contributed by atoms with Crippen molar-refractivity contribution in [3.63, 3.8) is 0 Å². The number of carbonyl (C=O) groups is 1. The van der Waals surface area contributed by atoms with Gasteiger partial charge in [0.1, 0.15) is 5.82 Å². The number of ether oxygens (including phenoxy) is 2. The van der Waals surface area contributed by atoms with E-state index in [0.717, 1.165) is 27.6 Å². The first-order chi connectivity index (χ1) is 21.0. The van der Waals surface area contributed by atoms with Crippen LogP contribution in [0.15, 0.2) is 65.0 Å². The number of aromatic nitrogens is 2. The van der Waals surface area contributed by atoms with Gasteiger partial charge in [-0.25, -0.2) is 9.07 Å². The summed E-state index contributed by atoms with van der Waals surface area (Å²) in [7, 11) is 3.20. The first-order valence-corrected chi connectivity index (χ1v) is 14.3. The van der Waals surface area contributed by atoms with E-state index in [1.165, 1.54) is 6.07 Å². The van der Waals surface area contributed by atoms with Gasteiger partial charge in [0.05, 0.1) is 36.4 Å². The zero-order valence-corrected chi connectivity index (χ0v) is 24.7. The normalized spacial score (nSPS) is 16.8. The third-order valence-corrected chi connectivity index (χ3v) is 7.95. The molecule has 0 saturated heterocycles. The van der Waals surface area contributed by atoms with E-state index in [2.05, 4.69) is 10.2 Å². The number of nitrogens with one attached hydrogen (secondary N) is 1. The number of halogens is 4. The van der Waals surface area contributed by atoms with Crippen LogP contribution in [0.1, 0.15) is 35.7 Å². The monoisotopic (exact) mass is 614 g/mol. The molecule has 44 heavy (non-hydrogen) atoms. The largest absolute Gasteiger partial charge is 0.493 e. The van der Waals surface area contributed by atoms with Crippen molar-refractivity contribution in [1.29, 1.82) is 0 Å². The molecule has 1 N–H and O–H groups in total. The van der Waals surface area contributed by atoms with E-state index in [-0.39, 0.29) is 17.5 Å². The number of hydrogen-bond donors (Lipinski definition) is 1. The van der Waals surface area contributed by atoms with Crippen molar-refractivity contribution in [3.05, 3.63) is 98.8 Å². The summed E-state index contributed by atoms with van der Waals surface area (Å²) in [5.74, 6) is -0.536. The molecule has 1 aliphatic carbocycles. The summed E-state index contributed by atoms with van der Waals surface area (Å²) in [6, 6.07) is 8.11. The lowest BCUT2D eigenvalue weighted by atomic mass is 9.95. The molecule has 5 rings (SSSR count). The van der Waals surface area contributed by atoms with Crippen LogP contribution in [0.4, 0.5) is 17.6 Å². The van der Waals surface area contributed by atoms with Gasteiger partial charge >= 0.3 is 6.18 Å². The molecule has 0 fully saturated rings. The van der Waals surface area contributed by atoms with Crippen LogP contribution >= 0.6 is 0 Å². The number of alkyl halides is 3. The molecule has 0 bridgehead atoms. The van der Waals surface area contributed by atoms with Crippen molar-refractivity contribution in [2.24, 2.45) is 13.0 Å². The highest BCUT2D eigenvalue weighted by Crippen LogP contribution is 2.33. The highest BCUT2D eigenvalue weighted by Gasteiger charge is 2.35. The topological polar surface area (TPSA) is 77.7 Å². The third kappa shape index (κ3) is 6.45. The summed E-state index contributed by atoms with van der Waals surface area (Å²) in [4.78, 5) is 28.3.